The van der Waals surface area contributed by atoms with Crippen LogP contribution < -0.4 is 5.32 Å². The lowest BCUT2D eigenvalue weighted by Gasteiger charge is -2.11. The van der Waals surface area contributed by atoms with E-state index in [0.717, 1.165) is 6.54 Å². The number of hydrogen-bond donors (Lipinski definition) is 3. The summed E-state index contributed by atoms with van der Waals surface area (Å²) >= 11 is 3.57. The number of hydrogen-bond acceptors (Lipinski definition) is 3. The Balaban J connectivity index is 0.000000232. The van der Waals surface area contributed by atoms with Crippen molar-refractivity contribution in [3.8, 4) is 0 Å². The minimum absolute atomic E-state index is 0.570. The molecule has 1 aliphatic heterocycles. The van der Waals surface area contributed by atoms with Gasteiger partial charge in [0.15, 0.2) is 0 Å². The third kappa shape index (κ3) is 4.46. The van der Waals surface area contributed by atoms with Crippen LogP contribution in [0.25, 0.3) is 0 Å². The minimum atomic E-state index is -1.82. The second-order valence-corrected chi connectivity index (χ2v) is 4.64. The van der Waals surface area contributed by atoms with Crippen LogP contribution in [0.1, 0.15) is 24.4 Å². The lowest BCUT2D eigenvalue weighted by atomic mass is 10.1. The Kier molecular flexibility index (Phi) is 5.80. The SMILES string of the molecule is Brc1ccccc1C1CCCN1.O=C(O)C(=O)O. The topological polar surface area (TPSA) is 86.6 Å². The number of carboxylic acid groups (broad SMARTS) is 2. The highest BCUT2D eigenvalue weighted by Gasteiger charge is 2.17. The molecular weight excluding hydrogens is 302 g/mol. The number of halogens is 1. The van der Waals surface area contributed by atoms with Gasteiger partial charge in [0, 0.05) is 10.5 Å². The molecule has 0 aromatic heterocycles. The molecule has 5 nitrogen and oxygen atoms in total. The highest BCUT2D eigenvalue weighted by Crippen LogP contribution is 2.28. The van der Waals surface area contributed by atoms with E-state index < -0.39 is 11.9 Å². The molecule has 0 aliphatic carbocycles. The molecule has 0 bridgehead atoms. The minimum Gasteiger partial charge on any atom is -0.473 e. The normalized spacial score (nSPS) is 17.7. The van der Waals surface area contributed by atoms with E-state index in [1.807, 2.05) is 0 Å². The molecular formula is C12H14BrNO4. The van der Waals surface area contributed by atoms with Crippen molar-refractivity contribution < 1.29 is 19.8 Å². The van der Waals surface area contributed by atoms with Gasteiger partial charge in [0.2, 0.25) is 0 Å². The molecule has 0 amide bonds. The Morgan fingerprint density at radius 3 is 2.28 bits per heavy atom. The lowest BCUT2D eigenvalue weighted by molar-refractivity contribution is -0.159. The standard InChI is InChI=1S/C10H12BrN.C2H2O4/c11-9-5-2-1-4-8(9)10-6-3-7-12-10;3-1(4)2(5)6/h1-2,4-5,10,12H,3,6-7H2;(H,3,4)(H,5,6). The van der Waals surface area contributed by atoms with E-state index in [4.69, 9.17) is 19.8 Å². The third-order valence-corrected chi connectivity index (χ3v) is 3.25. The first-order valence-electron chi connectivity index (χ1n) is 5.46. The quantitative estimate of drug-likeness (QED) is 0.690. The van der Waals surface area contributed by atoms with Crippen LogP contribution in [0.5, 0.6) is 0 Å². The molecule has 0 spiro atoms. The first-order chi connectivity index (χ1) is 8.52. The van der Waals surface area contributed by atoms with Crippen molar-refractivity contribution in [2.75, 3.05) is 6.54 Å². The van der Waals surface area contributed by atoms with Gasteiger partial charge in [-0.2, -0.15) is 0 Å². The average molecular weight is 316 g/mol. The van der Waals surface area contributed by atoms with E-state index >= 15 is 0 Å². The molecule has 98 valence electrons. The summed E-state index contributed by atoms with van der Waals surface area (Å²) in [6.07, 6.45) is 2.56. The first kappa shape index (κ1) is 14.7. The second kappa shape index (κ2) is 7.13. The third-order valence-electron chi connectivity index (χ3n) is 2.52. The molecule has 0 saturated carbocycles. The zero-order valence-corrected chi connectivity index (χ0v) is 11.2. The van der Waals surface area contributed by atoms with Crippen molar-refractivity contribution in [2.24, 2.45) is 0 Å². The average Bonchev–Trinajstić information content (AvgIpc) is 2.83. The van der Waals surface area contributed by atoms with E-state index in [-0.39, 0.29) is 0 Å². The Morgan fingerprint density at radius 1 is 1.22 bits per heavy atom. The Labute approximate surface area is 113 Å². The van der Waals surface area contributed by atoms with E-state index in [2.05, 4.69) is 45.5 Å². The summed E-state index contributed by atoms with van der Waals surface area (Å²) in [5.74, 6) is -3.65. The predicted octanol–water partition coefficient (Wildman–Crippen LogP) is 2.03. The van der Waals surface area contributed by atoms with Crippen LogP contribution in [0.2, 0.25) is 0 Å². The summed E-state index contributed by atoms with van der Waals surface area (Å²) in [6, 6.07) is 9.02. The zero-order chi connectivity index (χ0) is 13.5. The maximum atomic E-state index is 9.10. The van der Waals surface area contributed by atoms with Gasteiger partial charge in [-0.15, -0.1) is 0 Å². The molecule has 1 unspecified atom stereocenters. The largest absolute Gasteiger partial charge is 0.473 e. The molecule has 0 radical (unpaired) electrons. The summed E-state index contributed by atoms with van der Waals surface area (Å²) in [4.78, 5) is 18.2. The molecule has 18 heavy (non-hydrogen) atoms. The molecule has 1 heterocycles. The van der Waals surface area contributed by atoms with Gasteiger partial charge in [0.05, 0.1) is 0 Å². The number of carboxylic acids is 2. The fourth-order valence-corrected chi connectivity index (χ4v) is 2.27. The van der Waals surface area contributed by atoms with Crippen molar-refractivity contribution in [2.45, 2.75) is 18.9 Å². The van der Waals surface area contributed by atoms with Crippen molar-refractivity contribution >= 4 is 27.9 Å². The van der Waals surface area contributed by atoms with Crippen LogP contribution in [0.4, 0.5) is 0 Å². The summed E-state index contributed by atoms with van der Waals surface area (Å²) in [5.41, 5.74) is 1.40. The van der Waals surface area contributed by atoms with Gasteiger partial charge < -0.3 is 15.5 Å². The van der Waals surface area contributed by atoms with Gasteiger partial charge in [-0.25, -0.2) is 9.59 Å². The molecule has 1 aliphatic rings. The van der Waals surface area contributed by atoms with Crippen LogP contribution in [-0.4, -0.2) is 28.7 Å². The van der Waals surface area contributed by atoms with Crippen molar-refractivity contribution in [3.05, 3.63) is 34.3 Å². The second-order valence-electron chi connectivity index (χ2n) is 3.78. The maximum absolute atomic E-state index is 9.10. The summed E-state index contributed by atoms with van der Waals surface area (Å²) in [6.45, 7) is 1.16. The van der Waals surface area contributed by atoms with Gasteiger partial charge in [-0.1, -0.05) is 34.1 Å². The highest BCUT2D eigenvalue weighted by atomic mass is 79.9. The number of rotatable bonds is 1. The van der Waals surface area contributed by atoms with E-state index in [1.165, 1.54) is 22.9 Å². The first-order valence-corrected chi connectivity index (χ1v) is 6.25. The zero-order valence-electron chi connectivity index (χ0n) is 9.60. The molecule has 1 fully saturated rings. The van der Waals surface area contributed by atoms with E-state index in [1.54, 1.807) is 0 Å². The van der Waals surface area contributed by atoms with Crippen LogP contribution in [0.3, 0.4) is 0 Å². The van der Waals surface area contributed by atoms with Gasteiger partial charge in [-0.05, 0) is 31.0 Å². The summed E-state index contributed by atoms with van der Waals surface area (Å²) in [5, 5.41) is 18.3. The number of carbonyl (C=O) groups is 2. The number of aliphatic carboxylic acids is 2. The Morgan fingerprint density at radius 2 is 1.83 bits per heavy atom. The van der Waals surface area contributed by atoms with Crippen molar-refractivity contribution in [1.82, 2.24) is 5.32 Å². The van der Waals surface area contributed by atoms with Crippen LogP contribution in [0.15, 0.2) is 28.7 Å². The van der Waals surface area contributed by atoms with Gasteiger partial charge >= 0.3 is 11.9 Å². The molecule has 2 rings (SSSR count). The van der Waals surface area contributed by atoms with E-state index in [9.17, 15) is 0 Å². The Hall–Kier alpha value is -1.40. The Bertz CT molecular complexity index is 418. The number of nitrogens with one attached hydrogen (secondary N) is 1. The molecule has 1 aromatic rings. The molecule has 6 heteroatoms. The molecule has 1 aromatic carbocycles. The monoisotopic (exact) mass is 315 g/mol. The fourth-order valence-electron chi connectivity index (χ4n) is 1.71. The predicted molar refractivity (Wildman–Crippen MR) is 69.4 cm³/mol. The molecule has 1 saturated heterocycles. The van der Waals surface area contributed by atoms with Crippen LogP contribution >= 0.6 is 15.9 Å². The van der Waals surface area contributed by atoms with Crippen molar-refractivity contribution in [3.63, 3.8) is 0 Å². The van der Waals surface area contributed by atoms with Gasteiger partial charge in [0.1, 0.15) is 0 Å². The number of benzene rings is 1. The molecule has 3 N–H and O–H groups in total. The molecule has 1 atom stereocenters. The summed E-state index contributed by atoms with van der Waals surface area (Å²) < 4.78 is 1.23. The van der Waals surface area contributed by atoms with Gasteiger partial charge in [0.25, 0.3) is 0 Å². The van der Waals surface area contributed by atoms with Crippen LogP contribution in [0, 0.1) is 0 Å². The highest BCUT2D eigenvalue weighted by molar-refractivity contribution is 9.10. The maximum Gasteiger partial charge on any atom is 0.414 e. The van der Waals surface area contributed by atoms with Crippen molar-refractivity contribution in [1.29, 1.82) is 0 Å². The lowest BCUT2D eigenvalue weighted by Crippen LogP contribution is -2.13. The van der Waals surface area contributed by atoms with E-state index in [0.29, 0.717) is 6.04 Å². The fraction of sp³-hybridized carbons (Fsp3) is 0.333. The van der Waals surface area contributed by atoms with Crippen LogP contribution in [-0.2, 0) is 9.59 Å². The summed E-state index contributed by atoms with van der Waals surface area (Å²) in [7, 11) is 0. The smallest absolute Gasteiger partial charge is 0.414 e. The van der Waals surface area contributed by atoms with Gasteiger partial charge in [-0.3, -0.25) is 0 Å².